The Morgan fingerprint density at radius 1 is 1.11 bits per heavy atom. The molecule has 2 aromatic rings. The summed E-state index contributed by atoms with van der Waals surface area (Å²) in [4.78, 5) is 0. The van der Waals surface area contributed by atoms with Crippen LogP contribution in [0.1, 0.15) is 30.0 Å². The standard InChI is InChI=1S/C16H17FO/c1-3-16(18,13-8-6-7-12(2)11-13)14-9-4-5-10-15(14)17/h4-11,18H,3H2,1-2H3. The molecule has 0 aliphatic rings. The third-order valence-corrected chi connectivity index (χ3v) is 3.33. The maximum Gasteiger partial charge on any atom is 0.129 e. The summed E-state index contributed by atoms with van der Waals surface area (Å²) in [6.45, 7) is 3.82. The molecular formula is C16H17FO. The van der Waals surface area contributed by atoms with E-state index in [1.165, 1.54) is 6.07 Å². The smallest absolute Gasteiger partial charge is 0.129 e. The molecule has 1 atom stereocenters. The van der Waals surface area contributed by atoms with Crippen molar-refractivity contribution in [3.8, 4) is 0 Å². The number of hydrogen-bond acceptors (Lipinski definition) is 1. The highest BCUT2D eigenvalue weighted by Crippen LogP contribution is 2.34. The van der Waals surface area contributed by atoms with Crippen LogP contribution in [0, 0.1) is 12.7 Å². The molecule has 1 unspecified atom stereocenters. The molecule has 2 heteroatoms. The van der Waals surface area contributed by atoms with Gasteiger partial charge in [-0.25, -0.2) is 4.39 Å². The molecule has 1 nitrogen and oxygen atoms in total. The molecule has 0 aliphatic heterocycles. The molecule has 0 heterocycles. The van der Waals surface area contributed by atoms with Crippen LogP contribution < -0.4 is 0 Å². The first-order valence-electron chi connectivity index (χ1n) is 6.12. The Labute approximate surface area is 107 Å². The van der Waals surface area contributed by atoms with Crippen LogP contribution >= 0.6 is 0 Å². The van der Waals surface area contributed by atoms with Crippen molar-refractivity contribution < 1.29 is 9.50 Å². The zero-order valence-electron chi connectivity index (χ0n) is 10.7. The summed E-state index contributed by atoms with van der Waals surface area (Å²) < 4.78 is 13.9. The van der Waals surface area contributed by atoms with Gasteiger partial charge in [0.1, 0.15) is 11.4 Å². The SMILES string of the molecule is CCC(O)(c1cccc(C)c1)c1ccccc1F. The van der Waals surface area contributed by atoms with Gasteiger partial charge in [0.2, 0.25) is 0 Å². The van der Waals surface area contributed by atoms with Gasteiger partial charge in [-0.15, -0.1) is 0 Å². The molecule has 0 saturated carbocycles. The lowest BCUT2D eigenvalue weighted by atomic mass is 9.83. The first-order chi connectivity index (χ1) is 8.58. The lowest BCUT2D eigenvalue weighted by Gasteiger charge is -2.28. The van der Waals surface area contributed by atoms with Crippen molar-refractivity contribution >= 4 is 0 Å². The van der Waals surface area contributed by atoms with E-state index in [1.54, 1.807) is 18.2 Å². The third-order valence-electron chi connectivity index (χ3n) is 3.33. The highest BCUT2D eigenvalue weighted by atomic mass is 19.1. The monoisotopic (exact) mass is 244 g/mol. The summed E-state index contributed by atoms with van der Waals surface area (Å²) >= 11 is 0. The molecule has 2 rings (SSSR count). The predicted molar refractivity (Wildman–Crippen MR) is 70.9 cm³/mol. The number of aliphatic hydroxyl groups is 1. The Bertz CT molecular complexity index is 550. The zero-order chi connectivity index (χ0) is 13.2. The van der Waals surface area contributed by atoms with Crippen molar-refractivity contribution in [2.24, 2.45) is 0 Å². The summed E-state index contributed by atoms with van der Waals surface area (Å²) in [5.41, 5.74) is 0.848. The number of benzene rings is 2. The van der Waals surface area contributed by atoms with Gasteiger partial charge < -0.3 is 5.11 Å². The lowest BCUT2D eigenvalue weighted by Crippen LogP contribution is -2.27. The Morgan fingerprint density at radius 3 is 2.44 bits per heavy atom. The zero-order valence-corrected chi connectivity index (χ0v) is 10.7. The van der Waals surface area contributed by atoms with Gasteiger partial charge in [0.25, 0.3) is 0 Å². The number of hydrogen-bond donors (Lipinski definition) is 1. The van der Waals surface area contributed by atoms with Gasteiger partial charge in [0.15, 0.2) is 0 Å². The van der Waals surface area contributed by atoms with E-state index in [0.29, 0.717) is 12.0 Å². The summed E-state index contributed by atoms with van der Waals surface area (Å²) in [5, 5.41) is 10.8. The predicted octanol–water partition coefficient (Wildman–Crippen LogP) is 3.78. The molecule has 0 radical (unpaired) electrons. The molecule has 2 aromatic carbocycles. The maximum atomic E-state index is 13.9. The molecule has 0 aromatic heterocycles. The summed E-state index contributed by atoms with van der Waals surface area (Å²) in [6, 6.07) is 14.0. The lowest BCUT2D eigenvalue weighted by molar-refractivity contribution is 0.0725. The molecule has 1 N–H and O–H groups in total. The molecule has 0 spiro atoms. The van der Waals surface area contributed by atoms with Crippen LogP contribution in [0.2, 0.25) is 0 Å². The third kappa shape index (κ3) is 2.16. The van der Waals surface area contributed by atoms with Crippen LogP contribution in [0.15, 0.2) is 48.5 Å². The number of aryl methyl sites for hydroxylation is 1. The van der Waals surface area contributed by atoms with Crippen LogP contribution in [0.3, 0.4) is 0 Å². The largest absolute Gasteiger partial charge is 0.380 e. The minimum Gasteiger partial charge on any atom is -0.380 e. The molecule has 0 amide bonds. The fraction of sp³-hybridized carbons (Fsp3) is 0.250. The fourth-order valence-electron chi connectivity index (χ4n) is 2.25. The van der Waals surface area contributed by atoms with Crippen molar-refractivity contribution in [3.05, 3.63) is 71.0 Å². The van der Waals surface area contributed by atoms with E-state index in [9.17, 15) is 9.50 Å². The van der Waals surface area contributed by atoms with Crippen molar-refractivity contribution in [1.82, 2.24) is 0 Å². The number of halogens is 1. The van der Waals surface area contributed by atoms with Gasteiger partial charge in [-0.05, 0) is 25.0 Å². The van der Waals surface area contributed by atoms with E-state index in [0.717, 1.165) is 11.1 Å². The van der Waals surface area contributed by atoms with Crippen LogP contribution in [0.25, 0.3) is 0 Å². The van der Waals surface area contributed by atoms with E-state index in [1.807, 2.05) is 38.1 Å². The van der Waals surface area contributed by atoms with Crippen molar-refractivity contribution in [2.45, 2.75) is 25.9 Å². The van der Waals surface area contributed by atoms with E-state index in [2.05, 4.69) is 0 Å². The van der Waals surface area contributed by atoms with Crippen molar-refractivity contribution in [1.29, 1.82) is 0 Å². The second-order valence-corrected chi connectivity index (χ2v) is 4.56. The summed E-state index contributed by atoms with van der Waals surface area (Å²) in [7, 11) is 0. The Balaban J connectivity index is 2.59. The summed E-state index contributed by atoms with van der Waals surface area (Å²) in [5.74, 6) is -0.372. The highest BCUT2D eigenvalue weighted by molar-refractivity contribution is 5.38. The molecular weight excluding hydrogens is 227 g/mol. The van der Waals surface area contributed by atoms with Gasteiger partial charge in [0.05, 0.1) is 0 Å². The highest BCUT2D eigenvalue weighted by Gasteiger charge is 2.31. The average molecular weight is 244 g/mol. The number of rotatable bonds is 3. The molecule has 0 bridgehead atoms. The van der Waals surface area contributed by atoms with Crippen molar-refractivity contribution in [2.75, 3.05) is 0 Å². The van der Waals surface area contributed by atoms with Crippen LogP contribution in [0.5, 0.6) is 0 Å². The molecule has 94 valence electrons. The van der Waals surface area contributed by atoms with E-state index >= 15 is 0 Å². The molecule has 0 aliphatic carbocycles. The van der Waals surface area contributed by atoms with Crippen LogP contribution in [-0.4, -0.2) is 5.11 Å². The average Bonchev–Trinajstić information content (AvgIpc) is 2.38. The van der Waals surface area contributed by atoms with Gasteiger partial charge >= 0.3 is 0 Å². The Hall–Kier alpha value is -1.67. The summed E-state index contributed by atoms with van der Waals surface area (Å²) in [6.07, 6.45) is 0.428. The van der Waals surface area contributed by atoms with Crippen molar-refractivity contribution in [3.63, 3.8) is 0 Å². The first-order valence-corrected chi connectivity index (χ1v) is 6.12. The fourth-order valence-corrected chi connectivity index (χ4v) is 2.25. The van der Waals surface area contributed by atoms with E-state index in [-0.39, 0.29) is 5.82 Å². The molecule has 0 saturated heterocycles. The molecule has 18 heavy (non-hydrogen) atoms. The molecule has 0 fully saturated rings. The first kappa shape index (κ1) is 12.8. The second-order valence-electron chi connectivity index (χ2n) is 4.56. The maximum absolute atomic E-state index is 13.9. The van der Waals surface area contributed by atoms with Gasteiger partial charge in [0, 0.05) is 5.56 Å². The Morgan fingerprint density at radius 2 is 1.83 bits per heavy atom. The van der Waals surface area contributed by atoms with Gasteiger partial charge in [-0.3, -0.25) is 0 Å². The Kier molecular flexibility index (Phi) is 3.48. The van der Waals surface area contributed by atoms with Gasteiger partial charge in [-0.1, -0.05) is 55.0 Å². The minimum absolute atomic E-state index is 0.332. The topological polar surface area (TPSA) is 20.2 Å². The minimum atomic E-state index is -1.27. The van der Waals surface area contributed by atoms with Gasteiger partial charge in [-0.2, -0.15) is 0 Å². The normalized spacial score (nSPS) is 14.2. The van der Waals surface area contributed by atoms with E-state index in [4.69, 9.17) is 0 Å². The second kappa shape index (κ2) is 4.91. The van der Waals surface area contributed by atoms with Crippen LogP contribution in [-0.2, 0) is 5.60 Å². The quantitative estimate of drug-likeness (QED) is 0.871. The van der Waals surface area contributed by atoms with Crippen LogP contribution in [0.4, 0.5) is 4.39 Å². The van der Waals surface area contributed by atoms with E-state index < -0.39 is 5.60 Å².